The van der Waals surface area contributed by atoms with Crippen molar-refractivity contribution in [3.8, 4) is 0 Å². The quantitative estimate of drug-likeness (QED) is 0.761. The van der Waals surface area contributed by atoms with Crippen LogP contribution in [0.3, 0.4) is 0 Å². The number of hydrogen-bond donors (Lipinski definition) is 1. The van der Waals surface area contributed by atoms with E-state index < -0.39 is 0 Å². The van der Waals surface area contributed by atoms with Crippen LogP contribution in [0.4, 0.5) is 0 Å². The topological polar surface area (TPSA) is 60.0 Å². The van der Waals surface area contributed by atoms with Crippen LogP contribution < -0.4 is 5.32 Å². The second kappa shape index (κ2) is 4.81. The number of nitrogens with zero attached hydrogens (tertiary/aromatic N) is 5. The summed E-state index contributed by atoms with van der Waals surface area (Å²) in [4.78, 5) is 4.18. The van der Waals surface area contributed by atoms with Crippen molar-refractivity contribution in [2.75, 3.05) is 6.54 Å². The SMILES string of the molecule is CCNC(c1cnn2ccncc12)c1ccnn1C. The predicted octanol–water partition coefficient (Wildman–Crippen LogP) is 1.16. The van der Waals surface area contributed by atoms with Gasteiger partial charge in [0.05, 0.1) is 29.6 Å². The molecule has 1 unspecified atom stereocenters. The van der Waals surface area contributed by atoms with Crippen molar-refractivity contribution in [3.05, 3.63) is 48.3 Å². The van der Waals surface area contributed by atoms with Gasteiger partial charge >= 0.3 is 0 Å². The molecule has 0 radical (unpaired) electrons. The zero-order valence-electron chi connectivity index (χ0n) is 11.0. The van der Waals surface area contributed by atoms with E-state index in [-0.39, 0.29) is 6.04 Å². The average molecular weight is 256 g/mol. The molecule has 19 heavy (non-hydrogen) atoms. The van der Waals surface area contributed by atoms with E-state index in [1.54, 1.807) is 6.20 Å². The molecular weight excluding hydrogens is 240 g/mol. The Bertz CT molecular complexity index is 683. The molecular formula is C13H16N6. The highest BCUT2D eigenvalue weighted by Gasteiger charge is 2.20. The molecule has 1 N–H and O–H groups in total. The van der Waals surface area contributed by atoms with Crippen LogP contribution in [-0.4, -0.2) is 30.9 Å². The fourth-order valence-corrected chi connectivity index (χ4v) is 2.32. The molecule has 6 nitrogen and oxygen atoms in total. The lowest BCUT2D eigenvalue weighted by molar-refractivity contribution is 0.575. The van der Waals surface area contributed by atoms with E-state index in [2.05, 4.69) is 27.4 Å². The van der Waals surface area contributed by atoms with Gasteiger partial charge in [-0.25, -0.2) is 4.52 Å². The van der Waals surface area contributed by atoms with Gasteiger partial charge in [0.2, 0.25) is 0 Å². The first-order valence-electron chi connectivity index (χ1n) is 6.29. The Kier molecular flexibility index (Phi) is 3.00. The van der Waals surface area contributed by atoms with Crippen LogP contribution >= 0.6 is 0 Å². The van der Waals surface area contributed by atoms with Gasteiger partial charge in [0, 0.05) is 31.2 Å². The molecule has 98 valence electrons. The zero-order valence-corrected chi connectivity index (χ0v) is 11.0. The Morgan fingerprint density at radius 1 is 1.26 bits per heavy atom. The molecule has 1 atom stereocenters. The molecule has 3 rings (SSSR count). The summed E-state index contributed by atoms with van der Waals surface area (Å²) in [7, 11) is 1.95. The molecule has 0 spiro atoms. The molecule has 6 heteroatoms. The highest BCUT2D eigenvalue weighted by molar-refractivity contribution is 5.55. The molecule has 3 aromatic heterocycles. The Labute approximate surface area is 111 Å². The summed E-state index contributed by atoms with van der Waals surface area (Å²) in [6.07, 6.45) is 9.12. The van der Waals surface area contributed by atoms with Gasteiger partial charge in [-0.3, -0.25) is 9.67 Å². The highest BCUT2D eigenvalue weighted by atomic mass is 15.3. The number of aromatic nitrogens is 5. The number of rotatable bonds is 4. The van der Waals surface area contributed by atoms with Crippen molar-refractivity contribution in [1.82, 2.24) is 29.7 Å². The Balaban J connectivity index is 2.12. The monoisotopic (exact) mass is 256 g/mol. The third kappa shape index (κ3) is 2.00. The van der Waals surface area contributed by atoms with Crippen LogP contribution in [0.2, 0.25) is 0 Å². The smallest absolute Gasteiger partial charge is 0.0896 e. The summed E-state index contributed by atoms with van der Waals surface area (Å²) in [6, 6.07) is 2.09. The lowest BCUT2D eigenvalue weighted by Gasteiger charge is -2.17. The predicted molar refractivity (Wildman–Crippen MR) is 71.7 cm³/mol. The fourth-order valence-electron chi connectivity index (χ4n) is 2.32. The van der Waals surface area contributed by atoms with Gasteiger partial charge in [0.25, 0.3) is 0 Å². The molecule has 0 saturated heterocycles. The van der Waals surface area contributed by atoms with E-state index in [4.69, 9.17) is 0 Å². The lowest BCUT2D eigenvalue weighted by Crippen LogP contribution is -2.24. The summed E-state index contributed by atoms with van der Waals surface area (Å²) in [5.41, 5.74) is 3.23. The van der Waals surface area contributed by atoms with Gasteiger partial charge in [0.15, 0.2) is 0 Å². The minimum atomic E-state index is 0.0687. The van der Waals surface area contributed by atoms with Gasteiger partial charge < -0.3 is 5.32 Å². The van der Waals surface area contributed by atoms with Crippen LogP contribution in [0.5, 0.6) is 0 Å². The lowest BCUT2D eigenvalue weighted by atomic mass is 10.1. The van der Waals surface area contributed by atoms with Crippen molar-refractivity contribution in [1.29, 1.82) is 0 Å². The third-order valence-corrected chi connectivity index (χ3v) is 3.23. The molecule has 0 aliphatic rings. The van der Waals surface area contributed by atoms with Crippen molar-refractivity contribution in [2.45, 2.75) is 13.0 Å². The van der Waals surface area contributed by atoms with Gasteiger partial charge in [-0.05, 0) is 12.6 Å². The van der Waals surface area contributed by atoms with Crippen molar-refractivity contribution < 1.29 is 0 Å². The van der Waals surface area contributed by atoms with Crippen molar-refractivity contribution in [3.63, 3.8) is 0 Å². The van der Waals surface area contributed by atoms with Crippen LogP contribution in [-0.2, 0) is 7.05 Å². The maximum Gasteiger partial charge on any atom is 0.0896 e. The summed E-state index contributed by atoms with van der Waals surface area (Å²) in [5, 5.41) is 12.1. The summed E-state index contributed by atoms with van der Waals surface area (Å²) in [5.74, 6) is 0. The normalized spacial score (nSPS) is 12.9. The molecule has 0 amide bonds. The van der Waals surface area contributed by atoms with E-state index in [0.717, 1.165) is 23.3 Å². The number of nitrogens with one attached hydrogen (secondary N) is 1. The summed E-state index contributed by atoms with van der Waals surface area (Å²) in [6.45, 7) is 2.96. The molecule has 0 bridgehead atoms. The van der Waals surface area contributed by atoms with Gasteiger partial charge in [0.1, 0.15) is 0 Å². The molecule has 0 saturated carbocycles. The fraction of sp³-hybridized carbons (Fsp3) is 0.308. The molecule has 0 aliphatic carbocycles. The van der Waals surface area contributed by atoms with Gasteiger partial charge in [-0.2, -0.15) is 10.2 Å². The van der Waals surface area contributed by atoms with Crippen molar-refractivity contribution >= 4 is 5.52 Å². The van der Waals surface area contributed by atoms with E-state index in [1.807, 2.05) is 47.1 Å². The van der Waals surface area contributed by atoms with Crippen LogP contribution in [0.15, 0.2) is 37.1 Å². The third-order valence-electron chi connectivity index (χ3n) is 3.23. The number of fused-ring (bicyclic) bond motifs is 1. The first kappa shape index (κ1) is 11.9. The Morgan fingerprint density at radius 2 is 2.16 bits per heavy atom. The molecule has 0 fully saturated rings. The van der Waals surface area contributed by atoms with E-state index in [0.29, 0.717) is 0 Å². The number of hydrogen-bond acceptors (Lipinski definition) is 4. The van der Waals surface area contributed by atoms with Gasteiger partial charge in [-0.1, -0.05) is 6.92 Å². The standard InChI is InChI=1S/C13H16N6/c1-3-15-13(11-4-5-16-18(11)2)10-8-17-19-7-6-14-9-12(10)19/h4-9,13,15H,3H2,1-2H3. The van der Waals surface area contributed by atoms with E-state index in [9.17, 15) is 0 Å². The largest absolute Gasteiger partial charge is 0.305 e. The van der Waals surface area contributed by atoms with E-state index in [1.165, 1.54) is 0 Å². The zero-order chi connectivity index (χ0) is 13.2. The summed E-state index contributed by atoms with van der Waals surface area (Å²) >= 11 is 0. The maximum absolute atomic E-state index is 4.37. The average Bonchev–Trinajstić information content (AvgIpc) is 3.03. The second-order valence-corrected chi connectivity index (χ2v) is 4.38. The Hall–Kier alpha value is -2.21. The van der Waals surface area contributed by atoms with Crippen molar-refractivity contribution in [2.24, 2.45) is 7.05 Å². The second-order valence-electron chi connectivity index (χ2n) is 4.38. The van der Waals surface area contributed by atoms with E-state index >= 15 is 0 Å². The van der Waals surface area contributed by atoms with Crippen LogP contribution in [0.1, 0.15) is 24.2 Å². The minimum Gasteiger partial charge on any atom is -0.305 e. The molecule has 3 heterocycles. The maximum atomic E-state index is 4.37. The minimum absolute atomic E-state index is 0.0687. The number of aryl methyl sites for hydroxylation is 1. The van der Waals surface area contributed by atoms with Crippen LogP contribution in [0.25, 0.3) is 5.52 Å². The highest BCUT2D eigenvalue weighted by Crippen LogP contribution is 2.24. The van der Waals surface area contributed by atoms with Gasteiger partial charge in [-0.15, -0.1) is 0 Å². The first-order valence-corrected chi connectivity index (χ1v) is 6.29. The van der Waals surface area contributed by atoms with Crippen LogP contribution in [0, 0.1) is 0 Å². The molecule has 0 aliphatic heterocycles. The summed E-state index contributed by atoms with van der Waals surface area (Å²) < 4.78 is 3.72. The first-order chi connectivity index (χ1) is 9.31. The molecule has 0 aromatic carbocycles. The Morgan fingerprint density at radius 3 is 2.89 bits per heavy atom. The molecule has 3 aromatic rings.